The van der Waals surface area contributed by atoms with Crippen LogP contribution in [0.1, 0.15) is 12.5 Å². The molecule has 0 spiro atoms. The Kier molecular flexibility index (Phi) is 5.67. The highest BCUT2D eigenvalue weighted by atomic mass is 35.5. The first kappa shape index (κ1) is 19.9. The first-order valence-electron chi connectivity index (χ1n) is 8.10. The first-order valence-corrected chi connectivity index (χ1v) is 8.86. The number of hydrogen-bond acceptors (Lipinski definition) is 4. The average molecular weight is 423 g/mol. The number of anilines is 1. The van der Waals surface area contributed by atoms with Gasteiger partial charge in [-0.2, -0.15) is 0 Å². The Hall–Kier alpha value is -2.90. The standard InChI is InChI=1S/C19H13Cl2FN2O4/c1-2-28-16-14(20)8-10(9-15(16)21)7-13-17(25)23-19(27)24(18(13)26)12-5-3-11(22)4-6-12/h3-9H,2H2,1H3,(H,23,25,27)/b13-7-. The van der Waals surface area contributed by atoms with Crippen LogP contribution in [0.5, 0.6) is 5.75 Å². The van der Waals surface area contributed by atoms with E-state index in [0.717, 1.165) is 17.0 Å². The minimum absolute atomic E-state index is 0.116. The third-order valence-electron chi connectivity index (χ3n) is 3.81. The molecule has 6 nitrogen and oxygen atoms in total. The zero-order valence-corrected chi connectivity index (χ0v) is 16.0. The lowest BCUT2D eigenvalue weighted by molar-refractivity contribution is -0.122. The Balaban J connectivity index is 2.00. The minimum Gasteiger partial charge on any atom is -0.491 e. The zero-order chi connectivity index (χ0) is 20.4. The molecule has 0 aromatic heterocycles. The summed E-state index contributed by atoms with van der Waals surface area (Å²) in [6.45, 7) is 2.13. The van der Waals surface area contributed by atoms with Gasteiger partial charge in [-0.05, 0) is 55.0 Å². The number of nitrogens with zero attached hydrogens (tertiary/aromatic N) is 1. The van der Waals surface area contributed by atoms with Gasteiger partial charge in [0, 0.05) is 0 Å². The molecule has 0 radical (unpaired) electrons. The summed E-state index contributed by atoms with van der Waals surface area (Å²) < 4.78 is 18.5. The van der Waals surface area contributed by atoms with Crippen molar-refractivity contribution in [2.45, 2.75) is 6.92 Å². The minimum atomic E-state index is -0.929. The summed E-state index contributed by atoms with van der Waals surface area (Å²) in [6.07, 6.45) is 1.26. The van der Waals surface area contributed by atoms with Crippen molar-refractivity contribution in [2.75, 3.05) is 11.5 Å². The van der Waals surface area contributed by atoms with Crippen molar-refractivity contribution in [1.82, 2.24) is 5.32 Å². The molecular weight excluding hydrogens is 410 g/mol. The summed E-state index contributed by atoms with van der Waals surface area (Å²) >= 11 is 12.3. The molecule has 1 saturated heterocycles. The highest BCUT2D eigenvalue weighted by molar-refractivity contribution is 6.40. The Morgan fingerprint density at radius 1 is 1.11 bits per heavy atom. The molecular formula is C19H13Cl2FN2O4. The molecule has 1 heterocycles. The fourth-order valence-electron chi connectivity index (χ4n) is 2.59. The van der Waals surface area contributed by atoms with Crippen molar-refractivity contribution in [1.29, 1.82) is 0 Å². The van der Waals surface area contributed by atoms with Crippen LogP contribution in [0.3, 0.4) is 0 Å². The Labute approximate surface area is 169 Å². The smallest absolute Gasteiger partial charge is 0.335 e. The Morgan fingerprint density at radius 2 is 1.71 bits per heavy atom. The monoisotopic (exact) mass is 422 g/mol. The maximum Gasteiger partial charge on any atom is 0.335 e. The number of hydrogen-bond donors (Lipinski definition) is 1. The second kappa shape index (κ2) is 8.00. The van der Waals surface area contributed by atoms with Crippen molar-refractivity contribution in [3.8, 4) is 5.75 Å². The number of ether oxygens (including phenoxy) is 1. The number of urea groups is 1. The summed E-state index contributed by atoms with van der Waals surface area (Å²) in [5.41, 5.74) is 0.177. The van der Waals surface area contributed by atoms with Crippen LogP contribution in [0, 0.1) is 5.82 Å². The molecule has 1 N–H and O–H groups in total. The lowest BCUT2D eigenvalue weighted by Gasteiger charge is -2.26. The van der Waals surface area contributed by atoms with E-state index >= 15 is 0 Å². The molecule has 1 fully saturated rings. The number of nitrogens with one attached hydrogen (secondary N) is 1. The van der Waals surface area contributed by atoms with Crippen molar-refractivity contribution in [2.24, 2.45) is 0 Å². The molecule has 2 aromatic rings. The first-order chi connectivity index (χ1) is 13.3. The molecule has 28 heavy (non-hydrogen) atoms. The number of carbonyl (C=O) groups is 3. The van der Waals surface area contributed by atoms with Crippen LogP contribution in [0.2, 0.25) is 10.0 Å². The molecule has 144 valence electrons. The van der Waals surface area contributed by atoms with E-state index in [0.29, 0.717) is 12.2 Å². The van der Waals surface area contributed by atoms with Crippen LogP contribution < -0.4 is 15.0 Å². The van der Waals surface area contributed by atoms with E-state index in [1.165, 1.54) is 30.3 Å². The van der Waals surface area contributed by atoms with Gasteiger partial charge < -0.3 is 4.74 Å². The second-order valence-corrected chi connectivity index (χ2v) is 6.50. The Bertz CT molecular complexity index is 982. The number of halogens is 3. The van der Waals surface area contributed by atoms with Crippen LogP contribution in [0.25, 0.3) is 6.08 Å². The lowest BCUT2D eigenvalue weighted by Crippen LogP contribution is -2.54. The van der Waals surface area contributed by atoms with Crippen molar-refractivity contribution >= 4 is 52.8 Å². The van der Waals surface area contributed by atoms with Crippen LogP contribution in [0.4, 0.5) is 14.9 Å². The molecule has 0 bridgehead atoms. The van der Waals surface area contributed by atoms with E-state index in [4.69, 9.17) is 27.9 Å². The summed E-state index contributed by atoms with van der Waals surface area (Å²) in [7, 11) is 0. The van der Waals surface area contributed by atoms with Crippen LogP contribution in [-0.2, 0) is 9.59 Å². The van der Waals surface area contributed by atoms with Gasteiger partial charge in [0.1, 0.15) is 11.4 Å². The molecule has 0 unspecified atom stereocenters. The third-order valence-corrected chi connectivity index (χ3v) is 4.37. The number of barbiturate groups is 1. The van der Waals surface area contributed by atoms with E-state index in [9.17, 15) is 18.8 Å². The van der Waals surface area contributed by atoms with Gasteiger partial charge in [0.05, 0.1) is 22.3 Å². The number of imide groups is 2. The number of carbonyl (C=O) groups excluding carboxylic acids is 3. The van der Waals surface area contributed by atoms with Crippen LogP contribution in [0.15, 0.2) is 42.0 Å². The molecule has 2 aromatic carbocycles. The van der Waals surface area contributed by atoms with Gasteiger partial charge in [0.25, 0.3) is 11.8 Å². The topological polar surface area (TPSA) is 75.7 Å². The highest BCUT2D eigenvalue weighted by Crippen LogP contribution is 2.35. The highest BCUT2D eigenvalue weighted by Gasteiger charge is 2.36. The maximum absolute atomic E-state index is 13.1. The van der Waals surface area contributed by atoms with Gasteiger partial charge >= 0.3 is 6.03 Å². The summed E-state index contributed by atoms with van der Waals surface area (Å²) in [4.78, 5) is 37.8. The van der Waals surface area contributed by atoms with E-state index in [1.807, 2.05) is 0 Å². The number of amides is 4. The van der Waals surface area contributed by atoms with E-state index in [1.54, 1.807) is 6.92 Å². The fraction of sp³-hybridized carbons (Fsp3) is 0.105. The van der Waals surface area contributed by atoms with Crippen molar-refractivity contribution in [3.05, 3.63) is 63.4 Å². The van der Waals surface area contributed by atoms with Crippen LogP contribution >= 0.6 is 23.2 Å². The summed E-state index contributed by atoms with van der Waals surface area (Å²) in [5.74, 6) is -1.97. The molecule has 0 saturated carbocycles. The van der Waals surface area contributed by atoms with Gasteiger partial charge in [0.15, 0.2) is 5.75 Å². The zero-order valence-electron chi connectivity index (χ0n) is 14.5. The summed E-state index contributed by atoms with van der Waals surface area (Å²) in [6, 6.07) is 6.73. The molecule has 0 atom stereocenters. The van der Waals surface area contributed by atoms with Gasteiger partial charge in [0.2, 0.25) is 0 Å². The largest absolute Gasteiger partial charge is 0.491 e. The number of benzene rings is 2. The van der Waals surface area contributed by atoms with Crippen molar-refractivity contribution in [3.63, 3.8) is 0 Å². The molecule has 0 aliphatic carbocycles. The SMILES string of the molecule is CCOc1c(Cl)cc(/C=C2/C(=O)NC(=O)N(c3ccc(F)cc3)C2=O)cc1Cl. The predicted octanol–water partition coefficient (Wildman–Crippen LogP) is 4.20. The lowest BCUT2D eigenvalue weighted by atomic mass is 10.1. The second-order valence-electron chi connectivity index (χ2n) is 5.68. The van der Waals surface area contributed by atoms with E-state index in [2.05, 4.69) is 5.32 Å². The van der Waals surface area contributed by atoms with Gasteiger partial charge in [-0.3, -0.25) is 14.9 Å². The van der Waals surface area contributed by atoms with Gasteiger partial charge in [-0.25, -0.2) is 14.1 Å². The molecule has 1 aliphatic heterocycles. The van der Waals surface area contributed by atoms with Crippen LogP contribution in [-0.4, -0.2) is 24.5 Å². The van der Waals surface area contributed by atoms with E-state index in [-0.39, 0.29) is 27.1 Å². The summed E-state index contributed by atoms with van der Waals surface area (Å²) in [5, 5.41) is 2.49. The fourth-order valence-corrected chi connectivity index (χ4v) is 3.21. The molecule has 9 heteroatoms. The molecule has 4 amide bonds. The molecule has 3 rings (SSSR count). The van der Waals surface area contributed by atoms with Crippen molar-refractivity contribution < 1.29 is 23.5 Å². The maximum atomic E-state index is 13.1. The predicted molar refractivity (Wildman–Crippen MR) is 103 cm³/mol. The quantitative estimate of drug-likeness (QED) is 0.591. The van der Waals surface area contributed by atoms with Gasteiger partial charge in [-0.1, -0.05) is 23.2 Å². The molecule has 1 aliphatic rings. The third kappa shape index (κ3) is 3.85. The Morgan fingerprint density at radius 3 is 2.29 bits per heavy atom. The number of rotatable bonds is 4. The van der Waals surface area contributed by atoms with Gasteiger partial charge in [-0.15, -0.1) is 0 Å². The normalized spacial score (nSPS) is 15.8. The van der Waals surface area contributed by atoms with E-state index < -0.39 is 23.7 Å². The average Bonchev–Trinajstić information content (AvgIpc) is 2.63.